The first kappa shape index (κ1) is 13.1. The molecule has 0 unspecified atom stereocenters. The summed E-state index contributed by atoms with van der Waals surface area (Å²) in [7, 11) is 0. The molecule has 1 aliphatic heterocycles. The third-order valence-corrected chi connectivity index (χ3v) is 3.44. The van der Waals surface area contributed by atoms with Gasteiger partial charge in [-0.1, -0.05) is 18.2 Å². The summed E-state index contributed by atoms with van der Waals surface area (Å²) in [4.78, 5) is 13.6. The number of benzene rings is 1. The van der Waals surface area contributed by atoms with E-state index in [2.05, 4.69) is 35.3 Å². The van der Waals surface area contributed by atoms with Gasteiger partial charge in [-0.25, -0.2) is 0 Å². The van der Waals surface area contributed by atoms with Gasteiger partial charge in [-0.05, 0) is 23.6 Å². The molecule has 0 spiro atoms. The van der Waals surface area contributed by atoms with E-state index in [9.17, 15) is 4.79 Å². The number of carbonyl (C=O) groups is 1. The number of amides is 1. The first-order valence-corrected chi connectivity index (χ1v) is 6.46. The fourth-order valence-corrected chi connectivity index (χ4v) is 2.27. The van der Waals surface area contributed by atoms with Crippen molar-refractivity contribution in [1.29, 1.82) is 0 Å². The van der Waals surface area contributed by atoms with Crippen LogP contribution in [-0.4, -0.2) is 30.4 Å². The molecule has 4 nitrogen and oxygen atoms in total. The van der Waals surface area contributed by atoms with Gasteiger partial charge in [-0.2, -0.15) is 0 Å². The zero-order valence-corrected chi connectivity index (χ0v) is 10.9. The van der Waals surface area contributed by atoms with Gasteiger partial charge in [0.15, 0.2) is 0 Å². The SMILES string of the molecule is Cc1cc(CN)ccc1CN1CCNC(=O)CC1. The van der Waals surface area contributed by atoms with Crippen molar-refractivity contribution in [2.24, 2.45) is 5.73 Å². The van der Waals surface area contributed by atoms with E-state index in [1.165, 1.54) is 16.7 Å². The summed E-state index contributed by atoms with van der Waals surface area (Å²) in [5, 5.41) is 2.90. The number of nitrogens with zero attached hydrogens (tertiary/aromatic N) is 1. The zero-order chi connectivity index (χ0) is 13.0. The van der Waals surface area contributed by atoms with Gasteiger partial charge >= 0.3 is 0 Å². The van der Waals surface area contributed by atoms with Crippen molar-refractivity contribution in [2.75, 3.05) is 19.6 Å². The lowest BCUT2D eigenvalue weighted by Gasteiger charge is -2.20. The molecule has 0 aromatic heterocycles. The fraction of sp³-hybridized carbons (Fsp3) is 0.500. The highest BCUT2D eigenvalue weighted by atomic mass is 16.1. The van der Waals surface area contributed by atoms with E-state index in [0.717, 1.165) is 26.2 Å². The van der Waals surface area contributed by atoms with Crippen LogP contribution in [0.4, 0.5) is 0 Å². The second kappa shape index (κ2) is 5.98. The lowest BCUT2D eigenvalue weighted by Crippen LogP contribution is -2.28. The summed E-state index contributed by atoms with van der Waals surface area (Å²) in [6.45, 7) is 6.12. The van der Waals surface area contributed by atoms with Crippen LogP contribution in [0.5, 0.6) is 0 Å². The molecule has 3 N–H and O–H groups in total. The Morgan fingerprint density at radius 3 is 2.94 bits per heavy atom. The van der Waals surface area contributed by atoms with Gasteiger partial charge in [-0.3, -0.25) is 9.69 Å². The maximum Gasteiger partial charge on any atom is 0.221 e. The minimum atomic E-state index is 0.160. The maximum absolute atomic E-state index is 11.3. The minimum absolute atomic E-state index is 0.160. The summed E-state index contributed by atoms with van der Waals surface area (Å²) in [6.07, 6.45) is 0.597. The van der Waals surface area contributed by atoms with E-state index in [1.54, 1.807) is 0 Å². The lowest BCUT2D eigenvalue weighted by molar-refractivity contribution is -0.120. The molecule has 0 bridgehead atoms. The molecule has 4 heteroatoms. The summed E-state index contributed by atoms with van der Waals surface area (Å²) < 4.78 is 0. The predicted molar refractivity (Wildman–Crippen MR) is 72.0 cm³/mol. The molecule has 1 aromatic rings. The molecular formula is C14H21N3O. The van der Waals surface area contributed by atoms with Crippen molar-refractivity contribution in [2.45, 2.75) is 26.4 Å². The topological polar surface area (TPSA) is 58.4 Å². The van der Waals surface area contributed by atoms with Crippen LogP contribution in [0.3, 0.4) is 0 Å². The molecule has 1 aromatic carbocycles. The second-order valence-corrected chi connectivity index (χ2v) is 4.84. The number of nitrogens with one attached hydrogen (secondary N) is 1. The molecule has 98 valence electrons. The average molecular weight is 247 g/mol. The number of aryl methyl sites for hydroxylation is 1. The first-order chi connectivity index (χ1) is 8.69. The molecule has 1 fully saturated rings. The van der Waals surface area contributed by atoms with E-state index in [1.807, 2.05) is 0 Å². The lowest BCUT2D eigenvalue weighted by atomic mass is 10.0. The zero-order valence-electron chi connectivity index (χ0n) is 10.9. The van der Waals surface area contributed by atoms with E-state index in [4.69, 9.17) is 5.73 Å². The smallest absolute Gasteiger partial charge is 0.221 e. The van der Waals surface area contributed by atoms with Crippen molar-refractivity contribution in [3.8, 4) is 0 Å². The monoisotopic (exact) mass is 247 g/mol. The number of nitrogens with two attached hydrogens (primary N) is 1. The van der Waals surface area contributed by atoms with Crippen LogP contribution in [0.15, 0.2) is 18.2 Å². The van der Waals surface area contributed by atoms with Crippen LogP contribution >= 0.6 is 0 Å². The van der Waals surface area contributed by atoms with Crippen LogP contribution in [-0.2, 0) is 17.9 Å². The molecule has 0 atom stereocenters. The van der Waals surface area contributed by atoms with Crippen molar-refractivity contribution >= 4 is 5.91 Å². The molecule has 1 aliphatic rings. The Hall–Kier alpha value is -1.39. The average Bonchev–Trinajstić information content (AvgIpc) is 2.57. The largest absolute Gasteiger partial charge is 0.355 e. The second-order valence-electron chi connectivity index (χ2n) is 4.84. The number of hydrogen-bond acceptors (Lipinski definition) is 3. The van der Waals surface area contributed by atoms with Gasteiger partial charge in [0.05, 0.1) is 0 Å². The van der Waals surface area contributed by atoms with Crippen LogP contribution in [0, 0.1) is 6.92 Å². The number of carbonyl (C=O) groups excluding carboxylic acids is 1. The Balaban J connectivity index is 2.02. The standard InChI is InChI=1S/C14H21N3O/c1-11-8-12(9-15)2-3-13(11)10-17-6-4-14(18)16-5-7-17/h2-3,8H,4-7,9-10,15H2,1H3,(H,16,18). The van der Waals surface area contributed by atoms with Crippen molar-refractivity contribution in [1.82, 2.24) is 10.2 Å². The Labute approximate surface area is 108 Å². The molecule has 18 heavy (non-hydrogen) atoms. The summed E-state index contributed by atoms with van der Waals surface area (Å²) in [6, 6.07) is 6.39. The Morgan fingerprint density at radius 2 is 2.22 bits per heavy atom. The van der Waals surface area contributed by atoms with E-state index >= 15 is 0 Å². The first-order valence-electron chi connectivity index (χ1n) is 6.46. The summed E-state index contributed by atoms with van der Waals surface area (Å²) in [5.74, 6) is 0.160. The van der Waals surface area contributed by atoms with Crippen LogP contribution in [0.25, 0.3) is 0 Å². The van der Waals surface area contributed by atoms with Gasteiger partial charge in [0.25, 0.3) is 0 Å². The molecule has 1 heterocycles. The van der Waals surface area contributed by atoms with E-state index < -0.39 is 0 Å². The van der Waals surface area contributed by atoms with E-state index in [-0.39, 0.29) is 5.91 Å². The highest BCUT2D eigenvalue weighted by molar-refractivity contribution is 5.76. The third kappa shape index (κ3) is 3.31. The quantitative estimate of drug-likeness (QED) is 0.829. The summed E-state index contributed by atoms with van der Waals surface area (Å²) >= 11 is 0. The normalized spacial score (nSPS) is 17.3. The van der Waals surface area contributed by atoms with Gasteiger partial charge in [-0.15, -0.1) is 0 Å². The highest BCUT2D eigenvalue weighted by Gasteiger charge is 2.14. The number of hydrogen-bond donors (Lipinski definition) is 2. The molecule has 1 saturated heterocycles. The van der Waals surface area contributed by atoms with Gasteiger partial charge < -0.3 is 11.1 Å². The van der Waals surface area contributed by atoms with Crippen LogP contribution < -0.4 is 11.1 Å². The maximum atomic E-state index is 11.3. The molecule has 0 radical (unpaired) electrons. The molecular weight excluding hydrogens is 226 g/mol. The van der Waals surface area contributed by atoms with Crippen molar-refractivity contribution in [3.05, 3.63) is 34.9 Å². The Bertz CT molecular complexity index is 431. The van der Waals surface area contributed by atoms with Gasteiger partial charge in [0.1, 0.15) is 0 Å². The Morgan fingerprint density at radius 1 is 1.39 bits per heavy atom. The molecule has 1 amide bonds. The number of rotatable bonds is 3. The fourth-order valence-electron chi connectivity index (χ4n) is 2.27. The van der Waals surface area contributed by atoms with Gasteiger partial charge in [0.2, 0.25) is 5.91 Å². The molecule has 0 saturated carbocycles. The minimum Gasteiger partial charge on any atom is -0.355 e. The predicted octanol–water partition coefficient (Wildman–Crippen LogP) is 0.776. The van der Waals surface area contributed by atoms with Crippen LogP contribution in [0.2, 0.25) is 0 Å². The molecule has 0 aliphatic carbocycles. The van der Waals surface area contributed by atoms with Gasteiger partial charge in [0, 0.05) is 39.1 Å². The third-order valence-electron chi connectivity index (χ3n) is 3.44. The van der Waals surface area contributed by atoms with Crippen molar-refractivity contribution in [3.63, 3.8) is 0 Å². The summed E-state index contributed by atoms with van der Waals surface area (Å²) in [5.41, 5.74) is 9.40. The van der Waals surface area contributed by atoms with E-state index in [0.29, 0.717) is 13.0 Å². The van der Waals surface area contributed by atoms with Crippen LogP contribution in [0.1, 0.15) is 23.1 Å². The Kier molecular flexibility index (Phi) is 4.33. The molecule has 2 rings (SSSR count). The van der Waals surface area contributed by atoms with Crippen molar-refractivity contribution < 1.29 is 4.79 Å². The highest BCUT2D eigenvalue weighted by Crippen LogP contribution is 2.14.